The fourth-order valence-corrected chi connectivity index (χ4v) is 3.13. The van der Waals surface area contributed by atoms with Gasteiger partial charge in [-0.2, -0.15) is 0 Å². The lowest BCUT2D eigenvalue weighted by Gasteiger charge is -2.20. The van der Waals surface area contributed by atoms with Gasteiger partial charge in [-0.25, -0.2) is 14.6 Å². The first-order valence-corrected chi connectivity index (χ1v) is 7.64. The van der Waals surface area contributed by atoms with Crippen molar-refractivity contribution in [3.8, 4) is 0 Å². The molecule has 0 spiro atoms. The first kappa shape index (κ1) is 14.7. The number of aryl methyl sites for hydroxylation is 1. The number of rotatable bonds is 6. The minimum Gasteiger partial charge on any atom is -0.480 e. The number of imidazole rings is 1. The third kappa shape index (κ3) is 3.89. The number of unbranched alkanes of at least 4 members (excludes halogenated alkanes) is 1. The number of carboxylic acids is 1. The van der Waals surface area contributed by atoms with Crippen LogP contribution in [0.15, 0.2) is 18.7 Å². The lowest BCUT2D eigenvalue weighted by Crippen LogP contribution is -2.47. The number of aromatic nitrogens is 2. The van der Waals surface area contributed by atoms with Gasteiger partial charge < -0.3 is 19.9 Å². The summed E-state index contributed by atoms with van der Waals surface area (Å²) in [6.45, 7) is 1.42. The third-order valence-corrected chi connectivity index (χ3v) is 4.12. The number of urea groups is 1. The van der Waals surface area contributed by atoms with Gasteiger partial charge in [0.05, 0.1) is 12.2 Å². The number of nitrogens with one attached hydrogen (secondary N) is 1. The molecular formula is C12H18N4O3S. The van der Waals surface area contributed by atoms with E-state index in [9.17, 15) is 9.59 Å². The average molecular weight is 298 g/mol. The SMILES string of the molecule is O=C(O)[C@@H]1CSCN1C(=O)NCCCCn1ccnc1. The molecule has 1 fully saturated rings. The van der Waals surface area contributed by atoms with Crippen LogP contribution in [0.4, 0.5) is 4.79 Å². The van der Waals surface area contributed by atoms with Crippen LogP contribution in [0.5, 0.6) is 0 Å². The predicted octanol–water partition coefficient (Wildman–Crippen LogP) is 0.832. The lowest BCUT2D eigenvalue weighted by atomic mass is 10.3. The molecule has 0 saturated carbocycles. The number of carboxylic acid groups (broad SMARTS) is 1. The summed E-state index contributed by atoms with van der Waals surface area (Å²) in [5.41, 5.74) is 0. The molecule has 0 aromatic carbocycles. The molecule has 8 heteroatoms. The highest BCUT2D eigenvalue weighted by Crippen LogP contribution is 2.20. The van der Waals surface area contributed by atoms with Crippen molar-refractivity contribution in [2.24, 2.45) is 0 Å². The fourth-order valence-electron chi connectivity index (χ4n) is 1.98. The quantitative estimate of drug-likeness (QED) is 0.760. The minimum atomic E-state index is -0.940. The smallest absolute Gasteiger partial charge is 0.327 e. The zero-order valence-corrected chi connectivity index (χ0v) is 11.9. The Hall–Kier alpha value is -1.70. The van der Waals surface area contributed by atoms with E-state index in [1.807, 2.05) is 10.8 Å². The fraction of sp³-hybridized carbons (Fsp3) is 0.583. The van der Waals surface area contributed by atoms with E-state index < -0.39 is 12.0 Å². The van der Waals surface area contributed by atoms with Crippen LogP contribution in [-0.4, -0.2) is 55.8 Å². The monoisotopic (exact) mass is 298 g/mol. The largest absolute Gasteiger partial charge is 0.480 e. The molecule has 2 N–H and O–H groups in total. The molecule has 1 aromatic heterocycles. The molecular weight excluding hydrogens is 280 g/mol. The van der Waals surface area contributed by atoms with Crippen LogP contribution >= 0.6 is 11.8 Å². The predicted molar refractivity (Wildman–Crippen MR) is 75.4 cm³/mol. The van der Waals surface area contributed by atoms with Gasteiger partial charge in [-0.15, -0.1) is 11.8 Å². The van der Waals surface area contributed by atoms with Gasteiger partial charge in [0.25, 0.3) is 0 Å². The molecule has 2 heterocycles. The van der Waals surface area contributed by atoms with Crippen molar-refractivity contribution in [1.82, 2.24) is 19.8 Å². The summed E-state index contributed by atoms with van der Waals surface area (Å²) in [4.78, 5) is 28.2. The molecule has 0 radical (unpaired) electrons. The van der Waals surface area contributed by atoms with Crippen LogP contribution in [0, 0.1) is 0 Å². The van der Waals surface area contributed by atoms with Crippen LogP contribution < -0.4 is 5.32 Å². The van der Waals surface area contributed by atoms with Crippen molar-refractivity contribution in [3.63, 3.8) is 0 Å². The second-order valence-corrected chi connectivity index (χ2v) is 5.56. The molecule has 0 unspecified atom stereocenters. The van der Waals surface area contributed by atoms with Crippen molar-refractivity contribution < 1.29 is 14.7 Å². The molecule has 7 nitrogen and oxygen atoms in total. The van der Waals surface area contributed by atoms with Gasteiger partial charge >= 0.3 is 12.0 Å². The number of aliphatic carboxylic acids is 1. The molecule has 1 aromatic rings. The Kier molecular flexibility index (Phi) is 5.28. The summed E-state index contributed by atoms with van der Waals surface area (Å²) in [7, 11) is 0. The number of hydrogen-bond acceptors (Lipinski definition) is 4. The van der Waals surface area contributed by atoms with Crippen molar-refractivity contribution >= 4 is 23.8 Å². The Morgan fingerprint density at radius 1 is 1.45 bits per heavy atom. The topological polar surface area (TPSA) is 87.5 Å². The van der Waals surface area contributed by atoms with Crippen LogP contribution in [0.25, 0.3) is 0 Å². The molecule has 1 saturated heterocycles. The molecule has 2 rings (SSSR count). The van der Waals surface area contributed by atoms with Crippen LogP contribution in [0.1, 0.15) is 12.8 Å². The van der Waals surface area contributed by atoms with Gasteiger partial charge in [0.15, 0.2) is 0 Å². The van der Waals surface area contributed by atoms with Gasteiger partial charge in [-0.3, -0.25) is 0 Å². The van der Waals surface area contributed by atoms with E-state index in [2.05, 4.69) is 10.3 Å². The van der Waals surface area contributed by atoms with Crippen LogP contribution in [0.2, 0.25) is 0 Å². The first-order chi connectivity index (χ1) is 9.68. The van der Waals surface area contributed by atoms with E-state index >= 15 is 0 Å². The zero-order chi connectivity index (χ0) is 14.4. The Bertz CT molecular complexity index is 452. The molecule has 20 heavy (non-hydrogen) atoms. The Morgan fingerprint density at radius 2 is 2.30 bits per heavy atom. The van der Waals surface area contributed by atoms with Gasteiger partial charge in [-0.1, -0.05) is 0 Å². The Labute approximate surface area is 121 Å². The average Bonchev–Trinajstić information content (AvgIpc) is 3.09. The molecule has 1 aliphatic heterocycles. The summed E-state index contributed by atoms with van der Waals surface area (Å²) in [6.07, 6.45) is 7.18. The lowest BCUT2D eigenvalue weighted by molar-refractivity contribution is -0.140. The van der Waals surface area contributed by atoms with Crippen LogP contribution in [-0.2, 0) is 11.3 Å². The van der Waals surface area contributed by atoms with Gasteiger partial charge in [0.2, 0.25) is 0 Å². The molecule has 1 aliphatic rings. The zero-order valence-electron chi connectivity index (χ0n) is 11.1. The summed E-state index contributed by atoms with van der Waals surface area (Å²) in [6, 6.07) is -0.990. The van der Waals surface area contributed by atoms with Gasteiger partial charge in [-0.05, 0) is 12.8 Å². The standard InChI is InChI=1S/C12H18N4O3S/c17-11(18)10-7-20-9-16(10)12(19)14-3-1-2-5-15-6-4-13-8-15/h4,6,8,10H,1-3,5,7,9H2,(H,14,19)(H,17,18)/t10-/m0/s1. The highest BCUT2D eigenvalue weighted by atomic mass is 32.2. The number of carbonyl (C=O) groups is 2. The number of amides is 2. The molecule has 2 amide bonds. The van der Waals surface area contributed by atoms with E-state index in [-0.39, 0.29) is 6.03 Å². The Balaban J connectivity index is 1.63. The van der Waals surface area contributed by atoms with Crippen LogP contribution in [0.3, 0.4) is 0 Å². The maximum Gasteiger partial charge on any atom is 0.327 e. The van der Waals surface area contributed by atoms with Crippen molar-refractivity contribution in [2.75, 3.05) is 18.2 Å². The summed E-state index contributed by atoms with van der Waals surface area (Å²) >= 11 is 1.46. The highest BCUT2D eigenvalue weighted by molar-refractivity contribution is 7.99. The van der Waals surface area contributed by atoms with E-state index in [0.717, 1.165) is 19.4 Å². The highest BCUT2D eigenvalue weighted by Gasteiger charge is 2.34. The third-order valence-electron chi connectivity index (χ3n) is 3.11. The van der Waals surface area contributed by atoms with Crippen molar-refractivity contribution in [1.29, 1.82) is 0 Å². The Morgan fingerprint density at radius 3 is 3.00 bits per heavy atom. The molecule has 110 valence electrons. The maximum absolute atomic E-state index is 11.9. The van der Waals surface area contributed by atoms with E-state index in [1.165, 1.54) is 16.7 Å². The molecule has 0 bridgehead atoms. The summed E-state index contributed by atoms with van der Waals surface area (Å²) < 4.78 is 1.99. The van der Waals surface area contributed by atoms with Crippen molar-refractivity contribution in [3.05, 3.63) is 18.7 Å². The van der Waals surface area contributed by atoms with Crippen molar-refractivity contribution in [2.45, 2.75) is 25.4 Å². The van der Waals surface area contributed by atoms with Gasteiger partial charge in [0.1, 0.15) is 6.04 Å². The molecule has 0 aliphatic carbocycles. The number of nitrogens with zero attached hydrogens (tertiary/aromatic N) is 3. The second kappa shape index (κ2) is 7.18. The number of hydrogen-bond donors (Lipinski definition) is 2. The number of carbonyl (C=O) groups excluding carboxylic acids is 1. The number of thioether (sulfide) groups is 1. The summed E-state index contributed by atoms with van der Waals surface area (Å²) in [5.74, 6) is -0.0356. The summed E-state index contributed by atoms with van der Waals surface area (Å²) in [5, 5.41) is 11.8. The second-order valence-electron chi connectivity index (χ2n) is 4.56. The van der Waals surface area contributed by atoms with E-state index in [1.54, 1.807) is 12.5 Å². The maximum atomic E-state index is 11.9. The first-order valence-electron chi connectivity index (χ1n) is 6.49. The van der Waals surface area contributed by atoms with Gasteiger partial charge in [0, 0.05) is 31.2 Å². The van der Waals surface area contributed by atoms with E-state index in [4.69, 9.17) is 5.11 Å². The molecule has 1 atom stereocenters. The normalized spacial score (nSPS) is 18.2. The van der Waals surface area contributed by atoms with E-state index in [0.29, 0.717) is 18.2 Å². The minimum absolute atomic E-state index is 0.287.